The van der Waals surface area contributed by atoms with Crippen LogP contribution in [0.4, 0.5) is 0 Å². The van der Waals surface area contributed by atoms with Gasteiger partial charge in [0.2, 0.25) is 0 Å². The Morgan fingerprint density at radius 3 is 1.63 bits per heavy atom. The van der Waals surface area contributed by atoms with E-state index >= 15 is 0 Å². The molecule has 2 aliphatic heterocycles. The summed E-state index contributed by atoms with van der Waals surface area (Å²) in [7, 11) is 0. The fraction of sp³-hybridized carbons (Fsp3) is 0.917. The summed E-state index contributed by atoms with van der Waals surface area (Å²) in [6.07, 6.45) is 23.7. The number of aliphatic hydroxyl groups excluding tert-OH is 4. The fourth-order valence-electron chi connectivity index (χ4n) is 6.58. The zero-order valence-corrected chi connectivity index (χ0v) is 27.6. The minimum Gasteiger partial charge on any atom is -0.455 e. The predicted molar refractivity (Wildman–Crippen MR) is 173 cm³/mol. The molecular formula is C36H66O7. The Hall–Kier alpha value is -0.990. The van der Waals surface area contributed by atoms with Crippen LogP contribution in [-0.4, -0.2) is 69.1 Å². The third-order valence-electron chi connectivity index (χ3n) is 9.36. The van der Waals surface area contributed by atoms with Crippen LogP contribution in [-0.2, 0) is 14.3 Å². The van der Waals surface area contributed by atoms with Crippen molar-refractivity contribution in [3.8, 4) is 0 Å². The van der Waals surface area contributed by atoms with Gasteiger partial charge in [-0.2, -0.15) is 0 Å². The minimum absolute atomic E-state index is 0.168. The van der Waals surface area contributed by atoms with Crippen molar-refractivity contribution in [2.75, 3.05) is 0 Å². The number of ether oxygens (including phenoxy) is 2. The second-order valence-corrected chi connectivity index (χ2v) is 13.5. The maximum atomic E-state index is 11.6. The van der Waals surface area contributed by atoms with Crippen molar-refractivity contribution in [1.82, 2.24) is 0 Å². The van der Waals surface area contributed by atoms with Crippen LogP contribution in [0.1, 0.15) is 168 Å². The van der Waals surface area contributed by atoms with Gasteiger partial charge in [0.1, 0.15) is 6.10 Å². The second kappa shape index (κ2) is 23.4. The molecule has 0 aromatic heterocycles. The van der Waals surface area contributed by atoms with Crippen molar-refractivity contribution >= 4 is 5.97 Å². The first-order chi connectivity index (χ1) is 20.8. The highest BCUT2D eigenvalue weighted by Gasteiger charge is 2.34. The molecule has 0 aliphatic carbocycles. The molecule has 7 nitrogen and oxygen atoms in total. The minimum atomic E-state index is -0.585. The maximum absolute atomic E-state index is 11.6. The number of aliphatic hydroxyl groups is 4. The summed E-state index contributed by atoms with van der Waals surface area (Å²) in [4.78, 5) is 11.6. The average Bonchev–Trinajstić information content (AvgIpc) is 3.60. The van der Waals surface area contributed by atoms with Crippen molar-refractivity contribution in [3.63, 3.8) is 0 Å². The van der Waals surface area contributed by atoms with Gasteiger partial charge in [-0.1, -0.05) is 110 Å². The lowest BCUT2D eigenvalue weighted by molar-refractivity contribution is -0.139. The van der Waals surface area contributed by atoms with Gasteiger partial charge in [0, 0.05) is 12.0 Å². The molecule has 2 unspecified atom stereocenters. The molecule has 7 atom stereocenters. The van der Waals surface area contributed by atoms with Gasteiger partial charge in [0.15, 0.2) is 0 Å². The summed E-state index contributed by atoms with van der Waals surface area (Å²) >= 11 is 0. The highest BCUT2D eigenvalue weighted by molar-refractivity contribution is 5.90. The van der Waals surface area contributed by atoms with Crippen LogP contribution in [0, 0.1) is 0 Å². The third kappa shape index (κ3) is 17.3. The maximum Gasteiger partial charge on any atom is 0.334 e. The molecular weight excluding hydrogens is 544 g/mol. The molecule has 2 aliphatic rings. The molecule has 0 spiro atoms. The van der Waals surface area contributed by atoms with E-state index in [4.69, 9.17) is 9.47 Å². The van der Waals surface area contributed by atoms with E-state index < -0.39 is 24.4 Å². The first-order valence-electron chi connectivity index (χ1n) is 18.1. The molecule has 0 radical (unpaired) electrons. The Kier molecular flexibility index (Phi) is 20.8. The highest BCUT2D eigenvalue weighted by atomic mass is 16.5. The molecule has 1 fully saturated rings. The van der Waals surface area contributed by atoms with Crippen LogP contribution in [0.2, 0.25) is 0 Å². The third-order valence-corrected chi connectivity index (χ3v) is 9.36. The number of esters is 1. The van der Waals surface area contributed by atoms with Gasteiger partial charge < -0.3 is 29.9 Å². The lowest BCUT2D eigenvalue weighted by atomic mass is 9.98. The van der Waals surface area contributed by atoms with Crippen LogP contribution in [0.3, 0.4) is 0 Å². The Morgan fingerprint density at radius 2 is 1.12 bits per heavy atom. The number of carbonyl (C=O) groups excluding carboxylic acids is 1. The molecule has 252 valence electrons. The van der Waals surface area contributed by atoms with Gasteiger partial charge in [0.05, 0.1) is 36.6 Å². The number of rotatable bonds is 27. The quantitative estimate of drug-likeness (QED) is 0.0564. The number of carbonyl (C=O) groups is 1. The van der Waals surface area contributed by atoms with Gasteiger partial charge >= 0.3 is 5.97 Å². The zero-order valence-electron chi connectivity index (χ0n) is 27.6. The molecule has 2 heterocycles. The number of hydrogen-bond acceptors (Lipinski definition) is 7. The van der Waals surface area contributed by atoms with Gasteiger partial charge in [-0.25, -0.2) is 4.79 Å². The molecule has 0 saturated carbocycles. The number of cyclic esters (lactones) is 1. The normalized spacial score (nSPS) is 23.3. The number of hydrogen-bond donors (Lipinski definition) is 4. The lowest BCUT2D eigenvalue weighted by Crippen LogP contribution is -2.31. The van der Waals surface area contributed by atoms with Gasteiger partial charge in [-0.05, 0) is 57.9 Å². The summed E-state index contributed by atoms with van der Waals surface area (Å²) in [5.74, 6) is -0.298. The molecule has 43 heavy (non-hydrogen) atoms. The van der Waals surface area contributed by atoms with E-state index in [1.165, 1.54) is 57.8 Å². The van der Waals surface area contributed by atoms with Crippen LogP contribution >= 0.6 is 0 Å². The molecule has 2 rings (SSSR count). The SMILES string of the molecule is CCCCCCCCCCCC[C@H](O)[C@@H]1CC[C@@H]([C@H](O)CCC(O)CCCCCCCC[C@@H](O)CC2=CC(C)OC2=O)O1. The van der Waals surface area contributed by atoms with E-state index in [2.05, 4.69) is 6.92 Å². The van der Waals surface area contributed by atoms with Crippen LogP contribution in [0.5, 0.6) is 0 Å². The van der Waals surface area contributed by atoms with Crippen LogP contribution in [0.15, 0.2) is 11.6 Å². The summed E-state index contributed by atoms with van der Waals surface area (Å²) in [6, 6.07) is 0. The first kappa shape index (κ1) is 38.2. The van der Waals surface area contributed by atoms with E-state index in [0.717, 1.165) is 70.6 Å². The molecule has 1 saturated heterocycles. The average molecular weight is 611 g/mol. The summed E-state index contributed by atoms with van der Waals surface area (Å²) in [5, 5.41) is 41.8. The Morgan fingerprint density at radius 1 is 0.651 bits per heavy atom. The monoisotopic (exact) mass is 610 g/mol. The van der Waals surface area contributed by atoms with Gasteiger partial charge in [0.25, 0.3) is 0 Å². The Labute approximate surface area is 262 Å². The Balaban J connectivity index is 1.40. The predicted octanol–water partition coefficient (Wildman–Crippen LogP) is 7.45. The van der Waals surface area contributed by atoms with E-state index in [-0.39, 0.29) is 24.3 Å². The largest absolute Gasteiger partial charge is 0.455 e. The van der Waals surface area contributed by atoms with Gasteiger partial charge in [-0.3, -0.25) is 0 Å². The van der Waals surface area contributed by atoms with Crippen molar-refractivity contribution in [1.29, 1.82) is 0 Å². The molecule has 0 bridgehead atoms. The topological polar surface area (TPSA) is 116 Å². The highest BCUT2D eigenvalue weighted by Crippen LogP contribution is 2.28. The smallest absolute Gasteiger partial charge is 0.334 e. The van der Waals surface area contributed by atoms with Crippen molar-refractivity contribution < 1.29 is 34.7 Å². The van der Waals surface area contributed by atoms with Crippen molar-refractivity contribution in [2.24, 2.45) is 0 Å². The van der Waals surface area contributed by atoms with E-state index in [1.54, 1.807) is 6.08 Å². The zero-order chi connectivity index (χ0) is 31.3. The molecule has 7 heteroatoms. The van der Waals surface area contributed by atoms with Gasteiger partial charge in [-0.15, -0.1) is 0 Å². The standard InChI is InChI=1S/C36H66O7/c1-3-4-5-6-7-8-9-10-15-18-21-32(39)34-24-25-35(43-34)33(40)23-22-30(37)19-16-13-11-12-14-17-20-31(38)27-29-26-28(2)42-36(29)41/h26,28,30-35,37-40H,3-25,27H2,1-2H3/t28?,30?,31-,32+,33-,34+,35+/m1/s1. The summed E-state index contributed by atoms with van der Waals surface area (Å²) in [5.41, 5.74) is 0.597. The van der Waals surface area contributed by atoms with Crippen LogP contribution < -0.4 is 0 Å². The summed E-state index contributed by atoms with van der Waals surface area (Å²) < 4.78 is 11.1. The van der Waals surface area contributed by atoms with Crippen molar-refractivity contribution in [3.05, 3.63) is 11.6 Å². The molecule has 0 aromatic carbocycles. The molecule has 0 aromatic rings. The lowest BCUT2D eigenvalue weighted by Gasteiger charge is -2.23. The van der Waals surface area contributed by atoms with E-state index in [1.807, 2.05) is 6.92 Å². The molecule has 4 N–H and O–H groups in total. The van der Waals surface area contributed by atoms with E-state index in [9.17, 15) is 25.2 Å². The van der Waals surface area contributed by atoms with Crippen LogP contribution in [0.25, 0.3) is 0 Å². The Bertz CT molecular complexity index is 741. The molecule has 0 amide bonds. The summed E-state index contributed by atoms with van der Waals surface area (Å²) in [6.45, 7) is 4.08. The van der Waals surface area contributed by atoms with Crippen molar-refractivity contribution in [2.45, 2.75) is 211 Å². The fourth-order valence-corrected chi connectivity index (χ4v) is 6.58. The number of unbranched alkanes of at least 4 members (excludes halogenated alkanes) is 14. The first-order valence-corrected chi connectivity index (χ1v) is 18.1. The second-order valence-electron chi connectivity index (χ2n) is 13.5. The van der Waals surface area contributed by atoms with E-state index in [0.29, 0.717) is 31.3 Å².